The van der Waals surface area contributed by atoms with Crippen LogP contribution in [0.3, 0.4) is 0 Å². The highest BCUT2D eigenvalue weighted by molar-refractivity contribution is 5.44. The second-order valence-corrected chi connectivity index (χ2v) is 6.32. The van der Waals surface area contributed by atoms with Gasteiger partial charge in [-0.2, -0.15) is 0 Å². The largest absolute Gasteiger partial charge is 0.497 e. The van der Waals surface area contributed by atoms with E-state index in [0.717, 1.165) is 29.9 Å². The predicted octanol–water partition coefficient (Wildman–Crippen LogP) is 3.70. The molecule has 1 fully saturated rings. The van der Waals surface area contributed by atoms with Gasteiger partial charge in [0.15, 0.2) is 0 Å². The van der Waals surface area contributed by atoms with E-state index in [4.69, 9.17) is 15.2 Å². The van der Waals surface area contributed by atoms with E-state index in [9.17, 15) is 0 Å². The van der Waals surface area contributed by atoms with Crippen LogP contribution in [0.5, 0.6) is 11.5 Å². The summed E-state index contributed by atoms with van der Waals surface area (Å²) >= 11 is 0. The third-order valence-electron chi connectivity index (χ3n) is 4.71. The van der Waals surface area contributed by atoms with Crippen molar-refractivity contribution in [3.63, 3.8) is 0 Å². The molecule has 3 heteroatoms. The summed E-state index contributed by atoms with van der Waals surface area (Å²) in [5.74, 6) is 3.08. The zero-order valence-corrected chi connectivity index (χ0v) is 13.1. The van der Waals surface area contributed by atoms with Crippen LogP contribution in [0.1, 0.15) is 45.1 Å². The molecule has 3 nitrogen and oxygen atoms in total. The Labute approximate surface area is 122 Å². The van der Waals surface area contributed by atoms with E-state index in [2.05, 4.69) is 13.8 Å². The first-order valence-electron chi connectivity index (χ1n) is 7.51. The van der Waals surface area contributed by atoms with Crippen molar-refractivity contribution in [2.45, 2.75) is 45.1 Å². The Morgan fingerprint density at radius 3 is 2.60 bits per heavy atom. The minimum atomic E-state index is -0.299. The van der Waals surface area contributed by atoms with E-state index < -0.39 is 0 Å². The average molecular weight is 277 g/mol. The molecule has 0 saturated heterocycles. The van der Waals surface area contributed by atoms with Gasteiger partial charge in [-0.3, -0.25) is 0 Å². The number of benzene rings is 1. The Morgan fingerprint density at radius 2 is 2.00 bits per heavy atom. The van der Waals surface area contributed by atoms with Gasteiger partial charge in [-0.15, -0.1) is 0 Å². The normalized spacial score (nSPS) is 26.6. The fraction of sp³-hybridized carbons (Fsp3) is 0.647. The van der Waals surface area contributed by atoms with Crippen LogP contribution < -0.4 is 15.2 Å². The standard InChI is InChI=1S/C17H27NO2/c1-12(2)13-6-5-9-17(18,11-13)15-10-14(19-3)7-8-16(15)20-4/h7-8,10,12-13H,5-6,9,11,18H2,1-4H3. The van der Waals surface area contributed by atoms with Gasteiger partial charge >= 0.3 is 0 Å². The first-order chi connectivity index (χ1) is 9.50. The number of nitrogens with two attached hydrogens (primary N) is 1. The number of hydrogen-bond acceptors (Lipinski definition) is 3. The van der Waals surface area contributed by atoms with Crippen molar-refractivity contribution in [2.24, 2.45) is 17.6 Å². The Bertz CT molecular complexity index is 458. The van der Waals surface area contributed by atoms with Gasteiger partial charge in [0.25, 0.3) is 0 Å². The van der Waals surface area contributed by atoms with Crippen LogP contribution >= 0.6 is 0 Å². The van der Waals surface area contributed by atoms with Gasteiger partial charge in [-0.1, -0.05) is 26.7 Å². The molecule has 1 saturated carbocycles. The van der Waals surface area contributed by atoms with Crippen LogP contribution in [-0.2, 0) is 5.54 Å². The van der Waals surface area contributed by atoms with Crippen molar-refractivity contribution in [1.82, 2.24) is 0 Å². The lowest BCUT2D eigenvalue weighted by molar-refractivity contribution is 0.180. The number of ether oxygens (including phenoxy) is 2. The van der Waals surface area contributed by atoms with Crippen LogP contribution in [0.15, 0.2) is 18.2 Å². The van der Waals surface area contributed by atoms with E-state index in [1.54, 1.807) is 14.2 Å². The third-order valence-corrected chi connectivity index (χ3v) is 4.71. The molecule has 0 aliphatic heterocycles. The zero-order chi connectivity index (χ0) is 14.8. The highest BCUT2D eigenvalue weighted by Gasteiger charge is 2.37. The summed E-state index contributed by atoms with van der Waals surface area (Å²) in [5, 5.41) is 0. The van der Waals surface area contributed by atoms with Gasteiger partial charge < -0.3 is 15.2 Å². The molecule has 1 aromatic carbocycles. The maximum absolute atomic E-state index is 6.77. The molecule has 112 valence electrons. The number of rotatable bonds is 4. The fourth-order valence-corrected chi connectivity index (χ4v) is 3.37. The highest BCUT2D eigenvalue weighted by atomic mass is 16.5. The second kappa shape index (κ2) is 6.04. The lowest BCUT2D eigenvalue weighted by atomic mass is 9.69. The van der Waals surface area contributed by atoms with Crippen LogP contribution in [0.4, 0.5) is 0 Å². The SMILES string of the molecule is COc1ccc(OC)c(C2(N)CCCC(C(C)C)C2)c1. The average Bonchev–Trinajstić information content (AvgIpc) is 2.46. The predicted molar refractivity (Wildman–Crippen MR) is 82.2 cm³/mol. The quantitative estimate of drug-likeness (QED) is 0.912. The van der Waals surface area contributed by atoms with E-state index >= 15 is 0 Å². The Balaban J connectivity index is 2.37. The molecule has 0 heterocycles. The summed E-state index contributed by atoms with van der Waals surface area (Å²) in [6.07, 6.45) is 4.50. The van der Waals surface area contributed by atoms with Crippen molar-refractivity contribution in [3.8, 4) is 11.5 Å². The van der Waals surface area contributed by atoms with E-state index in [1.807, 2.05) is 18.2 Å². The minimum Gasteiger partial charge on any atom is -0.497 e. The summed E-state index contributed by atoms with van der Waals surface area (Å²) in [4.78, 5) is 0. The van der Waals surface area contributed by atoms with Crippen molar-refractivity contribution >= 4 is 0 Å². The molecule has 0 bridgehead atoms. The maximum atomic E-state index is 6.77. The molecule has 1 aliphatic rings. The molecule has 1 aromatic rings. The van der Waals surface area contributed by atoms with Crippen molar-refractivity contribution < 1.29 is 9.47 Å². The maximum Gasteiger partial charge on any atom is 0.124 e. The smallest absolute Gasteiger partial charge is 0.124 e. The van der Waals surface area contributed by atoms with Gasteiger partial charge in [0.05, 0.1) is 14.2 Å². The summed E-state index contributed by atoms with van der Waals surface area (Å²) < 4.78 is 10.9. The Hall–Kier alpha value is -1.22. The van der Waals surface area contributed by atoms with Crippen molar-refractivity contribution in [3.05, 3.63) is 23.8 Å². The van der Waals surface area contributed by atoms with Crippen LogP contribution in [0, 0.1) is 11.8 Å². The minimum absolute atomic E-state index is 0.299. The molecule has 2 N–H and O–H groups in total. The number of methoxy groups -OCH3 is 2. The molecular weight excluding hydrogens is 250 g/mol. The molecule has 0 spiro atoms. The van der Waals surface area contributed by atoms with Gasteiger partial charge in [-0.05, 0) is 42.9 Å². The van der Waals surface area contributed by atoms with Crippen LogP contribution in [0.25, 0.3) is 0 Å². The van der Waals surface area contributed by atoms with Gasteiger partial charge in [-0.25, -0.2) is 0 Å². The van der Waals surface area contributed by atoms with E-state index in [1.165, 1.54) is 12.8 Å². The summed E-state index contributed by atoms with van der Waals surface area (Å²) in [6, 6.07) is 5.93. The Kier molecular flexibility index (Phi) is 4.59. The lowest BCUT2D eigenvalue weighted by Gasteiger charge is -2.40. The Morgan fingerprint density at radius 1 is 1.25 bits per heavy atom. The topological polar surface area (TPSA) is 44.5 Å². The molecule has 2 unspecified atom stereocenters. The van der Waals surface area contributed by atoms with Gasteiger partial charge in [0.1, 0.15) is 11.5 Å². The lowest BCUT2D eigenvalue weighted by Crippen LogP contribution is -2.42. The monoisotopic (exact) mass is 277 g/mol. The molecular formula is C17H27NO2. The first-order valence-corrected chi connectivity index (χ1v) is 7.51. The molecule has 0 aromatic heterocycles. The molecule has 20 heavy (non-hydrogen) atoms. The van der Waals surface area contributed by atoms with E-state index in [0.29, 0.717) is 11.8 Å². The molecule has 0 amide bonds. The molecule has 2 atom stereocenters. The van der Waals surface area contributed by atoms with E-state index in [-0.39, 0.29) is 5.54 Å². The van der Waals surface area contributed by atoms with Gasteiger partial charge in [0.2, 0.25) is 0 Å². The van der Waals surface area contributed by atoms with Crippen molar-refractivity contribution in [1.29, 1.82) is 0 Å². The first kappa shape index (κ1) is 15.2. The van der Waals surface area contributed by atoms with Crippen LogP contribution in [0.2, 0.25) is 0 Å². The number of hydrogen-bond donors (Lipinski definition) is 1. The molecule has 2 rings (SSSR count). The van der Waals surface area contributed by atoms with Crippen LogP contribution in [-0.4, -0.2) is 14.2 Å². The fourth-order valence-electron chi connectivity index (χ4n) is 3.37. The zero-order valence-electron chi connectivity index (χ0n) is 13.1. The third kappa shape index (κ3) is 2.93. The second-order valence-electron chi connectivity index (χ2n) is 6.32. The molecule has 0 radical (unpaired) electrons. The highest BCUT2D eigenvalue weighted by Crippen LogP contribution is 2.44. The summed E-state index contributed by atoms with van der Waals surface area (Å²) in [7, 11) is 3.39. The summed E-state index contributed by atoms with van der Waals surface area (Å²) in [5.41, 5.74) is 7.56. The summed E-state index contributed by atoms with van der Waals surface area (Å²) in [6.45, 7) is 4.58. The van der Waals surface area contributed by atoms with Gasteiger partial charge in [0, 0.05) is 11.1 Å². The molecule has 1 aliphatic carbocycles. The van der Waals surface area contributed by atoms with Crippen molar-refractivity contribution in [2.75, 3.05) is 14.2 Å².